The smallest absolute Gasteiger partial charge is 0.266 e. The first-order valence-electron chi connectivity index (χ1n) is 7.54. The Balaban J connectivity index is 4.62. The standard InChI is InChI=1S/C16H25N3O7/c1-4-13(21)17-11-24-8-16(7-20,10-26-19-15(23)6-3)9-25-12-18-14(22)5-2/h4-6,20H,1-3,7-12H2,(H,17,21)(H,18,22)(H,19,23). The topological polar surface area (TPSA) is 135 Å². The molecule has 26 heavy (non-hydrogen) atoms. The first-order valence-corrected chi connectivity index (χ1v) is 7.54. The van der Waals surface area contributed by atoms with Crippen molar-refractivity contribution >= 4 is 17.7 Å². The summed E-state index contributed by atoms with van der Waals surface area (Å²) in [5.41, 5.74) is 1.05. The summed E-state index contributed by atoms with van der Waals surface area (Å²) in [7, 11) is 0. The Bertz CT molecular complexity index is 480. The van der Waals surface area contributed by atoms with E-state index >= 15 is 0 Å². The van der Waals surface area contributed by atoms with Crippen molar-refractivity contribution < 1.29 is 33.8 Å². The van der Waals surface area contributed by atoms with Crippen molar-refractivity contribution in [2.45, 2.75) is 0 Å². The average molecular weight is 371 g/mol. The zero-order valence-electron chi connectivity index (χ0n) is 14.5. The maximum atomic E-state index is 11.1. The van der Waals surface area contributed by atoms with Gasteiger partial charge in [-0.3, -0.25) is 19.2 Å². The number of hydrogen-bond donors (Lipinski definition) is 4. The molecule has 3 amide bonds. The van der Waals surface area contributed by atoms with Crippen LogP contribution in [-0.2, 0) is 28.7 Å². The molecule has 0 aromatic carbocycles. The second kappa shape index (κ2) is 13.7. The van der Waals surface area contributed by atoms with E-state index in [-0.39, 0.29) is 33.3 Å². The molecule has 10 heteroatoms. The van der Waals surface area contributed by atoms with E-state index in [1.165, 1.54) is 0 Å². The van der Waals surface area contributed by atoms with Gasteiger partial charge in [0.05, 0.1) is 31.8 Å². The van der Waals surface area contributed by atoms with Crippen LogP contribution in [0, 0.1) is 5.41 Å². The number of carbonyl (C=O) groups excluding carboxylic acids is 3. The van der Waals surface area contributed by atoms with Gasteiger partial charge in [0.25, 0.3) is 5.91 Å². The van der Waals surface area contributed by atoms with E-state index in [9.17, 15) is 19.5 Å². The molecule has 0 aliphatic carbocycles. The Morgan fingerprint density at radius 1 is 0.846 bits per heavy atom. The Hall–Kier alpha value is -2.53. The lowest BCUT2D eigenvalue weighted by Gasteiger charge is -2.30. The molecule has 146 valence electrons. The second-order valence-corrected chi connectivity index (χ2v) is 5.09. The Morgan fingerprint density at radius 3 is 1.69 bits per heavy atom. The molecule has 0 saturated carbocycles. The average Bonchev–Trinajstić information content (AvgIpc) is 2.67. The Kier molecular flexibility index (Phi) is 12.4. The van der Waals surface area contributed by atoms with Crippen LogP contribution in [0.2, 0.25) is 0 Å². The summed E-state index contributed by atoms with van der Waals surface area (Å²) < 4.78 is 10.6. The van der Waals surface area contributed by atoms with Gasteiger partial charge in [0.15, 0.2) is 0 Å². The third-order valence-corrected chi connectivity index (χ3v) is 2.96. The van der Waals surface area contributed by atoms with Crippen molar-refractivity contribution in [2.24, 2.45) is 5.41 Å². The molecule has 0 aromatic heterocycles. The summed E-state index contributed by atoms with van der Waals surface area (Å²) in [6.07, 6.45) is 3.19. The Labute approximate surface area is 151 Å². The molecule has 0 aliphatic rings. The van der Waals surface area contributed by atoms with Gasteiger partial charge in [0.1, 0.15) is 13.5 Å². The molecule has 10 nitrogen and oxygen atoms in total. The van der Waals surface area contributed by atoms with Gasteiger partial charge in [-0.2, -0.15) is 0 Å². The highest BCUT2D eigenvalue weighted by atomic mass is 16.7. The van der Waals surface area contributed by atoms with E-state index < -0.39 is 29.7 Å². The number of aliphatic hydroxyl groups excluding tert-OH is 1. The van der Waals surface area contributed by atoms with E-state index in [0.717, 1.165) is 18.2 Å². The quantitative estimate of drug-likeness (QED) is 0.122. The molecule has 0 heterocycles. The van der Waals surface area contributed by atoms with Crippen LogP contribution in [0.4, 0.5) is 0 Å². The van der Waals surface area contributed by atoms with Gasteiger partial charge in [-0.1, -0.05) is 19.7 Å². The van der Waals surface area contributed by atoms with E-state index in [2.05, 4.69) is 35.9 Å². The number of nitrogens with one attached hydrogen (secondary N) is 3. The van der Waals surface area contributed by atoms with Gasteiger partial charge in [-0.05, 0) is 18.2 Å². The largest absolute Gasteiger partial charge is 0.396 e. The molecular formula is C16H25N3O7. The lowest BCUT2D eigenvalue weighted by atomic mass is 9.92. The van der Waals surface area contributed by atoms with E-state index in [0.29, 0.717) is 0 Å². The van der Waals surface area contributed by atoms with Crippen molar-refractivity contribution in [3.8, 4) is 0 Å². The molecule has 0 bridgehead atoms. The molecule has 4 N–H and O–H groups in total. The lowest BCUT2D eigenvalue weighted by Crippen LogP contribution is -2.44. The summed E-state index contributed by atoms with van der Waals surface area (Å²) in [5, 5.41) is 14.5. The third kappa shape index (κ3) is 10.4. The summed E-state index contributed by atoms with van der Waals surface area (Å²) in [5.74, 6) is -1.40. The number of amides is 3. The van der Waals surface area contributed by atoms with Crippen molar-refractivity contribution in [2.75, 3.05) is 39.9 Å². The molecule has 0 radical (unpaired) electrons. The maximum absolute atomic E-state index is 11.1. The third-order valence-electron chi connectivity index (χ3n) is 2.96. The number of ether oxygens (including phenoxy) is 2. The minimum absolute atomic E-state index is 0.0692. The fraction of sp³-hybridized carbons (Fsp3) is 0.438. The van der Waals surface area contributed by atoms with Crippen LogP contribution in [-0.4, -0.2) is 62.7 Å². The van der Waals surface area contributed by atoms with Crippen LogP contribution < -0.4 is 16.1 Å². The number of aliphatic hydroxyl groups is 1. The molecular weight excluding hydrogens is 346 g/mol. The molecule has 0 atom stereocenters. The van der Waals surface area contributed by atoms with Crippen LogP contribution in [0.3, 0.4) is 0 Å². The highest BCUT2D eigenvalue weighted by Gasteiger charge is 2.32. The predicted octanol–water partition coefficient (Wildman–Crippen LogP) is -1.25. The molecule has 0 spiro atoms. The predicted molar refractivity (Wildman–Crippen MR) is 92.1 cm³/mol. The van der Waals surface area contributed by atoms with E-state index in [1.54, 1.807) is 0 Å². The molecule has 0 aliphatic heterocycles. The minimum atomic E-state index is -1.06. The summed E-state index contributed by atoms with van der Waals surface area (Å²) in [6, 6.07) is 0. The fourth-order valence-electron chi connectivity index (χ4n) is 1.49. The number of hydroxylamine groups is 1. The lowest BCUT2D eigenvalue weighted by molar-refractivity contribution is -0.144. The minimum Gasteiger partial charge on any atom is -0.396 e. The van der Waals surface area contributed by atoms with Gasteiger partial charge in [0, 0.05) is 0 Å². The summed E-state index contributed by atoms with van der Waals surface area (Å²) >= 11 is 0. The van der Waals surface area contributed by atoms with Crippen LogP contribution >= 0.6 is 0 Å². The molecule has 0 rings (SSSR count). The van der Waals surface area contributed by atoms with Crippen LogP contribution in [0.1, 0.15) is 0 Å². The zero-order chi connectivity index (χ0) is 19.8. The summed E-state index contributed by atoms with van der Waals surface area (Å²) in [4.78, 5) is 38.3. The summed E-state index contributed by atoms with van der Waals surface area (Å²) in [6.45, 7) is 8.92. The first kappa shape index (κ1) is 23.5. The van der Waals surface area contributed by atoms with E-state index in [4.69, 9.17) is 14.3 Å². The fourth-order valence-corrected chi connectivity index (χ4v) is 1.49. The van der Waals surface area contributed by atoms with Crippen LogP contribution in [0.5, 0.6) is 0 Å². The van der Waals surface area contributed by atoms with Crippen molar-refractivity contribution in [1.82, 2.24) is 16.1 Å². The monoisotopic (exact) mass is 371 g/mol. The van der Waals surface area contributed by atoms with Crippen molar-refractivity contribution in [3.05, 3.63) is 38.0 Å². The highest BCUT2D eigenvalue weighted by molar-refractivity contribution is 5.87. The molecule has 0 aromatic rings. The molecule has 0 unspecified atom stereocenters. The molecule has 0 fully saturated rings. The first-order chi connectivity index (χ1) is 12.4. The van der Waals surface area contributed by atoms with Gasteiger partial charge in [-0.25, -0.2) is 5.48 Å². The SMILES string of the molecule is C=CC(=O)NCOCC(CO)(COCNC(=O)C=C)CONC(=O)C=C. The van der Waals surface area contributed by atoms with Crippen LogP contribution in [0.25, 0.3) is 0 Å². The molecule has 0 saturated heterocycles. The van der Waals surface area contributed by atoms with Crippen LogP contribution in [0.15, 0.2) is 38.0 Å². The van der Waals surface area contributed by atoms with Gasteiger partial charge >= 0.3 is 0 Å². The highest BCUT2D eigenvalue weighted by Crippen LogP contribution is 2.18. The van der Waals surface area contributed by atoms with E-state index in [1.807, 2.05) is 0 Å². The van der Waals surface area contributed by atoms with Gasteiger partial charge < -0.3 is 25.2 Å². The van der Waals surface area contributed by atoms with Crippen molar-refractivity contribution in [1.29, 1.82) is 0 Å². The normalized spacial score (nSPS) is 10.5. The second-order valence-electron chi connectivity index (χ2n) is 5.09. The van der Waals surface area contributed by atoms with Gasteiger partial charge in [-0.15, -0.1) is 0 Å². The van der Waals surface area contributed by atoms with Gasteiger partial charge in [0.2, 0.25) is 11.8 Å². The number of rotatable bonds is 15. The van der Waals surface area contributed by atoms with Crippen molar-refractivity contribution in [3.63, 3.8) is 0 Å². The zero-order valence-corrected chi connectivity index (χ0v) is 14.5. The Morgan fingerprint density at radius 2 is 1.31 bits per heavy atom. The number of carbonyl (C=O) groups is 3. The number of hydrogen-bond acceptors (Lipinski definition) is 7. The maximum Gasteiger partial charge on any atom is 0.266 e.